The van der Waals surface area contributed by atoms with Crippen LogP contribution in [0.4, 0.5) is 13.2 Å². The Kier molecular flexibility index (Phi) is 4.62. The molecule has 0 aromatic carbocycles. The summed E-state index contributed by atoms with van der Waals surface area (Å²) in [7, 11) is 0. The van der Waals surface area contributed by atoms with Gasteiger partial charge >= 0.3 is 6.18 Å². The van der Waals surface area contributed by atoms with Gasteiger partial charge in [-0.2, -0.15) is 18.3 Å². The topological polar surface area (TPSA) is 30.2 Å². The smallest absolute Gasteiger partial charge is 0.221 e. The van der Waals surface area contributed by atoms with E-state index in [1.54, 1.807) is 5.38 Å². The normalized spacial score (nSPS) is 12.5. The van der Waals surface area contributed by atoms with Gasteiger partial charge in [-0.3, -0.25) is 0 Å². The summed E-state index contributed by atoms with van der Waals surface area (Å²) in [5, 5.41) is 6.17. The molecule has 3 heterocycles. The van der Waals surface area contributed by atoms with Crippen molar-refractivity contribution in [3.05, 3.63) is 40.0 Å². The van der Waals surface area contributed by atoms with Crippen LogP contribution >= 0.6 is 11.3 Å². The number of fused-ring (bicyclic) bond motifs is 1. The molecule has 0 bridgehead atoms. The van der Waals surface area contributed by atoms with Crippen LogP contribution in [0, 0.1) is 13.8 Å². The second-order valence-electron chi connectivity index (χ2n) is 6.23. The fraction of sp³-hybridized carbons (Fsp3) is 0.444. The summed E-state index contributed by atoms with van der Waals surface area (Å²) in [6, 6.07) is 3.68. The van der Waals surface area contributed by atoms with Crippen LogP contribution in [0.5, 0.6) is 0 Å². The number of halogens is 3. The molecule has 3 aromatic heterocycles. The van der Waals surface area contributed by atoms with E-state index >= 15 is 0 Å². The summed E-state index contributed by atoms with van der Waals surface area (Å²) >= 11 is 1.28. The van der Waals surface area contributed by atoms with E-state index in [4.69, 9.17) is 0 Å². The Bertz CT molecular complexity index is 904. The maximum absolute atomic E-state index is 13.7. The largest absolute Gasteiger partial charge is 0.435 e. The second kappa shape index (κ2) is 6.44. The summed E-state index contributed by atoms with van der Waals surface area (Å²) in [6.07, 6.45) is -2.84. The van der Waals surface area contributed by atoms with Crippen molar-refractivity contribution < 1.29 is 13.2 Å². The van der Waals surface area contributed by atoms with Gasteiger partial charge in [0.2, 0.25) is 0 Å². The Labute approximate surface area is 148 Å². The summed E-state index contributed by atoms with van der Waals surface area (Å²) < 4.78 is 42.5. The Morgan fingerprint density at radius 3 is 2.40 bits per heavy atom. The molecular weight excluding hydrogens is 347 g/mol. The summed E-state index contributed by atoms with van der Waals surface area (Å²) in [6.45, 7) is 7.70. The summed E-state index contributed by atoms with van der Waals surface area (Å²) in [5.41, 5.74) is 1.83. The molecule has 7 heteroatoms. The number of imidazole rings is 1. The monoisotopic (exact) mass is 367 g/mol. The van der Waals surface area contributed by atoms with Crippen LogP contribution in [0.15, 0.2) is 17.5 Å². The van der Waals surface area contributed by atoms with Gasteiger partial charge in [-0.25, -0.2) is 9.50 Å². The summed E-state index contributed by atoms with van der Waals surface area (Å²) in [5.74, 6) is 0.157. The Balaban J connectivity index is 2.43. The van der Waals surface area contributed by atoms with Gasteiger partial charge in [0, 0.05) is 5.56 Å². The SMILES string of the molecule is CCC(CC)c1cc(C)nn2c(-c3sccc3C)c(C(F)(F)F)nc12. The van der Waals surface area contributed by atoms with Gasteiger partial charge in [0.05, 0.1) is 10.6 Å². The molecule has 0 saturated carbocycles. The Morgan fingerprint density at radius 1 is 1.20 bits per heavy atom. The highest BCUT2D eigenvalue weighted by Gasteiger charge is 2.40. The van der Waals surface area contributed by atoms with Gasteiger partial charge in [-0.05, 0) is 55.7 Å². The molecule has 0 fully saturated rings. The quantitative estimate of drug-likeness (QED) is 0.566. The van der Waals surface area contributed by atoms with E-state index in [2.05, 4.69) is 10.1 Å². The number of hydrogen-bond donors (Lipinski definition) is 0. The highest BCUT2D eigenvalue weighted by molar-refractivity contribution is 7.13. The van der Waals surface area contributed by atoms with E-state index in [1.807, 2.05) is 39.8 Å². The molecule has 3 aromatic rings. The number of thiophene rings is 1. The van der Waals surface area contributed by atoms with Crippen LogP contribution < -0.4 is 0 Å². The average molecular weight is 367 g/mol. The number of aryl methyl sites for hydroxylation is 2. The van der Waals surface area contributed by atoms with Crippen molar-refractivity contribution >= 4 is 17.0 Å². The van der Waals surface area contributed by atoms with Gasteiger partial charge in [0.1, 0.15) is 5.69 Å². The fourth-order valence-electron chi connectivity index (χ4n) is 3.22. The minimum atomic E-state index is -4.53. The molecular formula is C18H20F3N3S. The molecule has 25 heavy (non-hydrogen) atoms. The van der Waals surface area contributed by atoms with E-state index in [1.165, 1.54) is 15.9 Å². The lowest BCUT2D eigenvalue weighted by Crippen LogP contribution is -2.08. The van der Waals surface area contributed by atoms with Crippen LogP contribution in [0.2, 0.25) is 0 Å². The van der Waals surface area contributed by atoms with Gasteiger partial charge < -0.3 is 0 Å². The van der Waals surface area contributed by atoms with E-state index in [0.717, 1.165) is 24.0 Å². The van der Waals surface area contributed by atoms with E-state index in [9.17, 15) is 13.2 Å². The van der Waals surface area contributed by atoms with Crippen LogP contribution in [-0.2, 0) is 6.18 Å². The molecule has 0 amide bonds. The Hall–Kier alpha value is -1.89. The molecule has 3 rings (SSSR count). The molecule has 0 atom stereocenters. The minimum Gasteiger partial charge on any atom is -0.221 e. The number of alkyl halides is 3. The second-order valence-corrected chi connectivity index (χ2v) is 7.15. The highest BCUT2D eigenvalue weighted by atomic mass is 32.1. The van der Waals surface area contributed by atoms with E-state index in [-0.39, 0.29) is 11.6 Å². The van der Waals surface area contributed by atoms with Crippen LogP contribution in [0.25, 0.3) is 16.2 Å². The molecule has 0 spiro atoms. The average Bonchev–Trinajstić information content (AvgIpc) is 3.11. The molecule has 0 aliphatic rings. The number of aromatic nitrogens is 3. The molecule has 0 saturated heterocycles. The Morgan fingerprint density at radius 2 is 1.88 bits per heavy atom. The van der Waals surface area contributed by atoms with Crippen LogP contribution in [0.1, 0.15) is 55.1 Å². The zero-order chi connectivity index (χ0) is 18.4. The number of rotatable bonds is 4. The molecule has 0 aliphatic carbocycles. The zero-order valence-corrected chi connectivity index (χ0v) is 15.4. The van der Waals surface area contributed by atoms with Crippen molar-refractivity contribution in [2.45, 2.75) is 52.6 Å². The van der Waals surface area contributed by atoms with Gasteiger partial charge in [0.25, 0.3) is 0 Å². The molecule has 0 aliphatic heterocycles. The number of nitrogens with zero attached hydrogens (tertiary/aromatic N) is 3. The van der Waals surface area contributed by atoms with Crippen molar-refractivity contribution in [2.24, 2.45) is 0 Å². The molecule has 0 radical (unpaired) electrons. The predicted octanol–water partition coefficient (Wildman–Crippen LogP) is 6.00. The standard InChI is InChI=1S/C18H20F3N3S/c1-5-12(6-2)13-9-11(4)23-24-14(15-10(3)7-8-25-15)16(18(19,20)21)22-17(13)24/h7-9,12H,5-6H2,1-4H3. The van der Waals surface area contributed by atoms with E-state index < -0.39 is 11.9 Å². The first kappa shape index (κ1) is 17.9. The maximum atomic E-state index is 13.7. The van der Waals surface area contributed by atoms with Gasteiger partial charge in [0.15, 0.2) is 11.3 Å². The van der Waals surface area contributed by atoms with Crippen molar-refractivity contribution in [1.82, 2.24) is 14.6 Å². The minimum absolute atomic E-state index is 0.0471. The maximum Gasteiger partial charge on any atom is 0.435 e. The van der Waals surface area contributed by atoms with Crippen LogP contribution in [-0.4, -0.2) is 14.6 Å². The van der Waals surface area contributed by atoms with Crippen molar-refractivity contribution in [2.75, 3.05) is 0 Å². The third kappa shape index (κ3) is 3.05. The first-order valence-corrected chi connectivity index (χ1v) is 9.17. The highest BCUT2D eigenvalue weighted by Crippen LogP contribution is 2.41. The number of hydrogen-bond acceptors (Lipinski definition) is 3. The van der Waals surface area contributed by atoms with Crippen molar-refractivity contribution in [3.8, 4) is 10.6 Å². The lowest BCUT2D eigenvalue weighted by molar-refractivity contribution is -0.140. The lowest BCUT2D eigenvalue weighted by Gasteiger charge is -2.14. The molecule has 0 unspecified atom stereocenters. The zero-order valence-electron chi connectivity index (χ0n) is 14.6. The third-order valence-corrected chi connectivity index (χ3v) is 5.53. The van der Waals surface area contributed by atoms with Gasteiger partial charge in [-0.1, -0.05) is 13.8 Å². The first-order valence-electron chi connectivity index (χ1n) is 8.29. The molecule has 0 N–H and O–H groups in total. The van der Waals surface area contributed by atoms with Gasteiger partial charge in [-0.15, -0.1) is 11.3 Å². The van der Waals surface area contributed by atoms with E-state index in [0.29, 0.717) is 16.2 Å². The van der Waals surface area contributed by atoms with Crippen molar-refractivity contribution in [1.29, 1.82) is 0 Å². The van der Waals surface area contributed by atoms with Crippen LogP contribution in [0.3, 0.4) is 0 Å². The first-order chi connectivity index (χ1) is 11.8. The third-order valence-electron chi connectivity index (χ3n) is 4.51. The fourth-order valence-corrected chi connectivity index (χ4v) is 4.18. The summed E-state index contributed by atoms with van der Waals surface area (Å²) in [4.78, 5) is 4.58. The molecule has 3 nitrogen and oxygen atoms in total. The predicted molar refractivity (Wildman–Crippen MR) is 94.1 cm³/mol. The molecule has 134 valence electrons. The lowest BCUT2D eigenvalue weighted by atomic mass is 9.95. The van der Waals surface area contributed by atoms with Crippen molar-refractivity contribution in [3.63, 3.8) is 0 Å².